The van der Waals surface area contributed by atoms with E-state index < -0.39 is 28.9 Å². The number of rotatable bonds is 1. The van der Waals surface area contributed by atoms with Gasteiger partial charge in [-0.25, -0.2) is 4.39 Å². The van der Waals surface area contributed by atoms with Crippen LogP contribution in [-0.4, -0.2) is 5.78 Å². The molecule has 0 saturated carbocycles. The zero-order valence-electron chi connectivity index (χ0n) is 7.45. The van der Waals surface area contributed by atoms with Crippen molar-refractivity contribution < 1.29 is 22.4 Å². The number of Topliss-reactive ketones (excluding diaryl/α,β-unsaturated/α-hetero) is 1. The highest BCUT2D eigenvalue weighted by Gasteiger charge is 2.35. The second-order valence-electron chi connectivity index (χ2n) is 2.87. The van der Waals surface area contributed by atoms with Crippen LogP contribution in [0.25, 0.3) is 0 Å². The fraction of sp³-hybridized carbons (Fsp3) is 0.222. The van der Waals surface area contributed by atoms with E-state index in [1.807, 2.05) is 0 Å². The van der Waals surface area contributed by atoms with Gasteiger partial charge < -0.3 is 0 Å². The van der Waals surface area contributed by atoms with Crippen molar-refractivity contribution in [3.8, 4) is 0 Å². The van der Waals surface area contributed by atoms with E-state index in [1.54, 1.807) is 22.6 Å². The maximum absolute atomic E-state index is 13.3. The number of hydrogen-bond acceptors (Lipinski definition) is 1. The Kier molecular flexibility index (Phi) is 3.37. The summed E-state index contributed by atoms with van der Waals surface area (Å²) in [5, 5.41) is 0. The second-order valence-corrected chi connectivity index (χ2v) is 4.11. The molecule has 0 aromatic heterocycles. The third-order valence-corrected chi connectivity index (χ3v) is 2.34. The molecule has 1 nitrogen and oxygen atoms in total. The Bertz CT molecular complexity index is 411. The average molecular weight is 332 g/mol. The van der Waals surface area contributed by atoms with Crippen molar-refractivity contribution >= 4 is 28.4 Å². The predicted octanol–water partition coefficient (Wildman–Crippen LogP) is 3.65. The molecule has 0 radical (unpaired) electrons. The minimum Gasteiger partial charge on any atom is -0.294 e. The van der Waals surface area contributed by atoms with Crippen LogP contribution in [0.15, 0.2) is 12.1 Å². The molecular weight excluding hydrogens is 327 g/mol. The summed E-state index contributed by atoms with van der Waals surface area (Å²) in [5.74, 6) is -2.23. The fourth-order valence-electron chi connectivity index (χ4n) is 1.05. The molecule has 0 spiro atoms. The molecule has 1 rings (SSSR count). The van der Waals surface area contributed by atoms with Crippen molar-refractivity contribution in [2.24, 2.45) is 0 Å². The number of hydrogen-bond donors (Lipinski definition) is 0. The first-order valence-electron chi connectivity index (χ1n) is 3.80. The molecule has 0 unspecified atom stereocenters. The van der Waals surface area contributed by atoms with Crippen LogP contribution < -0.4 is 0 Å². The normalized spacial score (nSPS) is 11.6. The Balaban J connectivity index is 3.49. The number of alkyl halides is 3. The van der Waals surface area contributed by atoms with Gasteiger partial charge in [-0.3, -0.25) is 4.79 Å². The van der Waals surface area contributed by atoms with Gasteiger partial charge in [-0.15, -0.1) is 0 Å². The number of carbonyl (C=O) groups excluding carboxylic acids is 1. The van der Waals surface area contributed by atoms with E-state index in [2.05, 4.69) is 0 Å². The Hall–Kier alpha value is -0.660. The molecule has 0 amide bonds. The van der Waals surface area contributed by atoms with Gasteiger partial charge in [0, 0.05) is 3.57 Å². The summed E-state index contributed by atoms with van der Waals surface area (Å²) in [6.45, 7) is 1.02. The lowest BCUT2D eigenvalue weighted by Gasteiger charge is -2.10. The number of halogens is 5. The number of benzene rings is 1. The van der Waals surface area contributed by atoms with E-state index in [0.29, 0.717) is 6.07 Å². The lowest BCUT2D eigenvalue weighted by atomic mass is 10.1. The van der Waals surface area contributed by atoms with Crippen LogP contribution in [0.1, 0.15) is 22.8 Å². The zero-order chi connectivity index (χ0) is 11.8. The van der Waals surface area contributed by atoms with Gasteiger partial charge >= 0.3 is 6.18 Å². The predicted molar refractivity (Wildman–Crippen MR) is 54.1 cm³/mol. The van der Waals surface area contributed by atoms with E-state index in [0.717, 1.165) is 13.0 Å². The summed E-state index contributed by atoms with van der Waals surface area (Å²) in [6, 6.07) is 1.76. The molecule has 0 atom stereocenters. The first kappa shape index (κ1) is 12.4. The van der Waals surface area contributed by atoms with Crippen LogP contribution in [0.3, 0.4) is 0 Å². The Morgan fingerprint density at radius 1 is 1.33 bits per heavy atom. The summed E-state index contributed by atoms with van der Waals surface area (Å²) < 4.78 is 50.4. The Labute approximate surface area is 96.6 Å². The smallest absolute Gasteiger partial charge is 0.294 e. The molecule has 0 N–H and O–H groups in total. The summed E-state index contributed by atoms with van der Waals surface area (Å²) >= 11 is 1.60. The monoisotopic (exact) mass is 332 g/mol. The van der Waals surface area contributed by atoms with Gasteiger partial charge in [0.2, 0.25) is 0 Å². The standard InChI is InChI=1S/C9H5F4IO/c1-4(15)6-2-5(14)3-7(8(6)10)9(11,12)13/h2-3H,1H3. The third-order valence-electron chi connectivity index (χ3n) is 1.72. The fourth-order valence-corrected chi connectivity index (χ4v) is 1.67. The van der Waals surface area contributed by atoms with Crippen LogP contribution in [0, 0.1) is 9.39 Å². The van der Waals surface area contributed by atoms with E-state index in [4.69, 9.17) is 0 Å². The highest BCUT2D eigenvalue weighted by atomic mass is 127. The third kappa shape index (κ3) is 2.67. The minimum absolute atomic E-state index is 0.173. The van der Waals surface area contributed by atoms with Gasteiger partial charge in [-0.05, 0) is 41.6 Å². The van der Waals surface area contributed by atoms with Crippen LogP contribution >= 0.6 is 22.6 Å². The van der Waals surface area contributed by atoms with Crippen molar-refractivity contribution in [2.75, 3.05) is 0 Å². The second kappa shape index (κ2) is 4.07. The highest BCUT2D eigenvalue weighted by Crippen LogP contribution is 2.33. The molecule has 0 bridgehead atoms. The van der Waals surface area contributed by atoms with Gasteiger partial charge in [0.25, 0.3) is 0 Å². The topological polar surface area (TPSA) is 17.1 Å². The first-order valence-corrected chi connectivity index (χ1v) is 4.88. The van der Waals surface area contributed by atoms with Crippen molar-refractivity contribution in [3.63, 3.8) is 0 Å². The molecule has 82 valence electrons. The van der Waals surface area contributed by atoms with Gasteiger partial charge in [0.15, 0.2) is 5.78 Å². The largest absolute Gasteiger partial charge is 0.419 e. The Morgan fingerprint density at radius 2 is 1.87 bits per heavy atom. The highest BCUT2D eigenvalue weighted by molar-refractivity contribution is 14.1. The average Bonchev–Trinajstić information content (AvgIpc) is 2.06. The van der Waals surface area contributed by atoms with Gasteiger partial charge in [0.1, 0.15) is 5.82 Å². The van der Waals surface area contributed by atoms with Crippen molar-refractivity contribution in [1.29, 1.82) is 0 Å². The van der Waals surface area contributed by atoms with Gasteiger partial charge in [-0.2, -0.15) is 13.2 Å². The molecule has 15 heavy (non-hydrogen) atoms. The maximum Gasteiger partial charge on any atom is 0.419 e. The molecular formula is C9H5F4IO. The minimum atomic E-state index is -4.78. The lowest BCUT2D eigenvalue weighted by molar-refractivity contribution is -0.140. The molecule has 0 aliphatic rings. The first-order chi connectivity index (χ1) is 6.73. The van der Waals surface area contributed by atoms with Crippen molar-refractivity contribution in [1.82, 2.24) is 0 Å². The van der Waals surface area contributed by atoms with Gasteiger partial charge in [-0.1, -0.05) is 0 Å². The maximum atomic E-state index is 13.3. The molecule has 1 aromatic carbocycles. The summed E-state index contributed by atoms with van der Waals surface area (Å²) in [4.78, 5) is 10.9. The lowest BCUT2D eigenvalue weighted by Crippen LogP contribution is -2.12. The molecule has 0 heterocycles. The molecule has 0 aliphatic heterocycles. The summed E-state index contributed by atoms with van der Waals surface area (Å²) in [7, 11) is 0. The van der Waals surface area contributed by atoms with Crippen molar-refractivity contribution in [3.05, 3.63) is 32.6 Å². The quantitative estimate of drug-likeness (QED) is 0.436. The SMILES string of the molecule is CC(=O)c1cc(I)cc(C(F)(F)F)c1F. The van der Waals surface area contributed by atoms with E-state index in [9.17, 15) is 22.4 Å². The van der Waals surface area contributed by atoms with E-state index in [1.165, 1.54) is 0 Å². The molecule has 6 heteroatoms. The van der Waals surface area contributed by atoms with Crippen LogP contribution in [-0.2, 0) is 6.18 Å². The Morgan fingerprint density at radius 3 is 2.27 bits per heavy atom. The van der Waals surface area contributed by atoms with Crippen LogP contribution in [0.5, 0.6) is 0 Å². The number of ketones is 1. The van der Waals surface area contributed by atoms with E-state index >= 15 is 0 Å². The summed E-state index contributed by atoms with van der Waals surface area (Å²) in [5.41, 5.74) is -1.94. The van der Waals surface area contributed by atoms with Crippen molar-refractivity contribution in [2.45, 2.75) is 13.1 Å². The van der Waals surface area contributed by atoms with E-state index in [-0.39, 0.29) is 3.57 Å². The summed E-state index contributed by atoms with van der Waals surface area (Å²) in [6.07, 6.45) is -4.78. The zero-order valence-corrected chi connectivity index (χ0v) is 9.61. The van der Waals surface area contributed by atoms with Crippen LogP contribution in [0.2, 0.25) is 0 Å². The molecule has 1 aromatic rings. The molecule has 0 aliphatic carbocycles. The molecule has 0 saturated heterocycles. The van der Waals surface area contributed by atoms with Crippen LogP contribution in [0.4, 0.5) is 17.6 Å². The van der Waals surface area contributed by atoms with Gasteiger partial charge in [0.05, 0.1) is 11.1 Å². The number of carbonyl (C=O) groups is 1. The molecule has 0 fully saturated rings.